The lowest BCUT2D eigenvalue weighted by molar-refractivity contribution is -0.437. The van der Waals surface area contributed by atoms with Crippen molar-refractivity contribution in [1.82, 2.24) is 4.90 Å². The maximum atomic E-state index is 13.8. The van der Waals surface area contributed by atoms with Crippen molar-refractivity contribution in [1.29, 1.82) is 0 Å². The molecule has 0 saturated heterocycles. The quantitative estimate of drug-likeness (QED) is 0.0533. The van der Waals surface area contributed by atoms with E-state index in [1.54, 1.807) is 4.90 Å². The van der Waals surface area contributed by atoms with Crippen molar-refractivity contribution < 1.29 is 28.7 Å². The summed E-state index contributed by atoms with van der Waals surface area (Å²) in [5, 5.41) is 17.6. The average Bonchev–Trinajstić information content (AvgIpc) is 3.75. The summed E-state index contributed by atoms with van der Waals surface area (Å²) in [6.45, 7) is 18.7. The molecule has 4 aromatic rings. The van der Waals surface area contributed by atoms with Crippen LogP contribution in [0.15, 0.2) is 120 Å². The fourth-order valence-electron chi connectivity index (χ4n) is 9.21. The van der Waals surface area contributed by atoms with Gasteiger partial charge in [-0.3, -0.25) is 4.90 Å². The minimum atomic E-state index is -0.642. The zero-order valence-electron chi connectivity index (χ0n) is 34.8. The average molecular weight is 787 g/mol. The lowest BCUT2D eigenvalue weighted by Gasteiger charge is -2.28. The van der Waals surface area contributed by atoms with Gasteiger partial charge in [0.1, 0.15) is 12.1 Å². The van der Waals surface area contributed by atoms with Crippen molar-refractivity contribution in [3.63, 3.8) is 0 Å². The van der Waals surface area contributed by atoms with Gasteiger partial charge < -0.3 is 9.64 Å². The van der Waals surface area contributed by atoms with Crippen LogP contribution in [0, 0.1) is 0 Å². The van der Waals surface area contributed by atoms with Crippen molar-refractivity contribution in [3.8, 4) is 0 Å². The topological polar surface area (TPSA) is 74.5 Å². The minimum absolute atomic E-state index is 0.231. The van der Waals surface area contributed by atoms with Gasteiger partial charge in [-0.05, 0) is 104 Å². The van der Waals surface area contributed by atoms with Crippen LogP contribution in [0.3, 0.4) is 0 Å². The summed E-state index contributed by atoms with van der Waals surface area (Å²) in [7, 11) is 1.83. The first kappa shape index (κ1) is 40.5. The summed E-state index contributed by atoms with van der Waals surface area (Å²) in [6.07, 6.45) is 11.2. The summed E-state index contributed by atoms with van der Waals surface area (Å²) >= 11 is 1.06. The number of rotatable bonds is 11. The van der Waals surface area contributed by atoms with Gasteiger partial charge in [0.05, 0.1) is 11.1 Å². The predicted octanol–water partition coefficient (Wildman–Crippen LogP) is 11.9. The summed E-state index contributed by atoms with van der Waals surface area (Å²) in [5.41, 5.74) is 9.29. The first-order chi connectivity index (χ1) is 27.2. The van der Waals surface area contributed by atoms with Crippen LogP contribution in [0.25, 0.3) is 21.5 Å². The lowest BCUT2D eigenvalue weighted by atomic mass is 9.79. The van der Waals surface area contributed by atoms with Crippen molar-refractivity contribution in [2.45, 2.75) is 91.1 Å². The molecule has 2 heterocycles. The Kier molecular flexibility index (Phi) is 11.3. The second-order valence-corrected chi connectivity index (χ2v) is 18.0. The van der Waals surface area contributed by atoms with Crippen molar-refractivity contribution in [2.24, 2.45) is 0 Å². The fourth-order valence-corrected chi connectivity index (χ4v) is 9.58. The number of fused-ring (bicyclic) bond motifs is 6. The highest BCUT2D eigenvalue weighted by atomic mass is 32.2. The summed E-state index contributed by atoms with van der Waals surface area (Å²) < 4.78 is 13.2. The summed E-state index contributed by atoms with van der Waals surface area (Å²) in [4.78, 5) is 17.8. The van der Waals surface area contributed by atoms with E-state index in [9.17, 15) is 4.79 Å². The summed E-state index contributed by atoms with van der Waals surface area (Å²) in [6, 6.07) is 26.1. The third-order valence-corrected chi connectivity index (χ3v) is 12.1. The third-order valence-electron chi connectivity index (χ3n) is 11.6. The standard InChI is InChI=1S/C48H55N3O5S/c1-10-29-50-38-25-21-32-15-11-13-17-36(32)42(38)47(5,6)40(50)27-23-34-19-20-35(44(34)49(9)45(52)54-46(2,3)4)24-28-41-48(7,8)43-37-18-14-12-16-33(37)22-26-39(43)51(41)30-31-57-56-55-53/h11-18,21-28H,10,19-20,29-31H2,1-9H3/p+1. The van der Waals surface area contributed by atoms with Crippen LogP contribution in [0.2, 0.25) is 0 Å². The molecule has 0 atom stereocenters. The highest BCUT2D eigenvalue weighted by Crippen LogP contribution is 2.51. The molecule has 0 saturated carbocycles. The van der Waals surface area contributed by atoms with Gasteiger partial charge >= 0.3 is 6.09 Å². The molecular formula is C48H56N3O5S+. The molecule has 0 radical (unpaired) electrons. The smallest absolute Gasteiger partial charge is 0.414 e. The SMILES string of the molecule is CCC[N+]1=C(/C=C/C2=C(N(C)C(=O)OC(C)(C)C)C(=C/C=C3/N(CCSOOO)c4ccc5ccccc5c4C3(C)C)/CC2)C(C)(C)c2c1ccc1ccccc21. The molecule has 0 unspecified atom stereocenters. The van der Waals surface area contributed by atoms with E-state index in [4.69, 9.17) is 14.3 Å². The third kappa shape index (κ3) is 7.58. The Balaban J connectivity index is 1.33. The zero-order chi connectivity index (χ0) is 40.7. The number of nitrogens with zero attached hydrogens (tertiary/aromatic N) is 3. The van der Waals surface area contributed by atoms with E-state index in [-0.39, 0.29) is 16.9 Å². The van der Waals surface area contributed by atoms with Gasteiger partial charge in [-0.15, -0.1) is 4.33 Å². The first-order valence-corrected chi connectivity index (χ1v) is 21.0. The van der Waals surface area contributed by atoms with Gasteiger partial charge in [0.15, 0.2) is 5.71 Å². The molecular weight excluding hydrogens is 731 g/mol. The number of carbonyl (C=O) groups is 1. The molecule has 0 bridgehead atoms. The van der Waals surface area contributed by atoms with Gasteiger partial charge in [0.25, 0.3) is 0 Å². The van der Waals surface area contributed by atoms with Crippen LogP contribution in [0.5, 0.6) is 0 Å². The number of allylic oxidation sites excluding steroid dienone is 7. The maximum Gasteiger partial charge on any atom is 0.414 e. The molecule has 9 heteroatoms. The van der Waals surface area contributed by atoms with Crippen LogP contribution in [-0.2, 0) is 24.9 Å². The number of anilines is 1. The molecule has 7 rings (SSSR count). The number of amides is 1. The van der Waals surface area contributed by atoms with E-state index in [1.807, 2.05) is 27.8 Å². The number of ether oxygens (including phenoxy) is 1. The van der Waals surface area contributed by atoms with Gasteiger partial charge in [-0.1, -0.05) is 92.6 Å². The molecule has 1 aliphatic carbocycles. The van der Waals surface area contributed by atoms with Gasteiger partial charge in [-0.25, -0.2) is 10.1 Å². The Morgan fingerprint density at radius 3 is 2.23 bits per heavy atom. The highest BCUT2D eigenvalue weighted by molar-refractivity contribution is 7.94. The van der Waals surface area contributed by atoms with Gasteiger partial charge in [0.2, 0.25) is 5.69 Å². The number of likely N-dealkylation sites (N-methyl/N-ethyl adjacent to an activating group) is 1. The Morgan fingerprint density at radius 2 is 1.56 bits per heavy atom. The van der Waals surface area contributed by atoms with E-state index >= 15 is 0 Å². The van der Waals surface area contributed by atoms with Crippen LogP contribution in [-0.4, -0.2) is 58.0 Å². The summed E-state index contributed by atoms with van der Waals surface area (Å²) in [5.74, 6) is 0.558. The van der Waals surface area contributed by atoms with Crippen LogP contribution < -0.4 is 4.90 Å². The largest absolute Gasteiger partial charge is 0.443 e. The molecule has 0 spiro atoms. The highest BCUT2D eigenvalue weighted by Gasteiger charge is 2.46. The first-order valence-electron chi connectivity index (χ1n) is 20.0. The van der Waals surface area contributed by atoms with E-state index in [0.29, 0.717) is 12.3 Å². The van der Waals surface area contributed by atoms with E-state index in [1.165, 1.54) is 44.1 Å². The second-order valence-electron chi connectivity index (χ2n) is 17.3. The number of hydrogen-bond donors (Lipinski definition) is 1. The monoisotopic (exact) mass is 786 g/mol. The Labute approximate surface area is 341 Å². The molecule has 57 heavy (non-hydrogen) atoms. The molecule has 2 aliphatic heterocycles. The Morgan fingerprint density at radius 1 is 0.895 bits per heavy atom. The second kappa shape index (κ2) is 15.9. The lowest BCUT2D eigenvalue weighted by Crippen LogP contribution is -2.34. The molecule has 0 fully saturated rings. The molecule has 1 N–H and O–H groups in total. The number of hydrogen-bond acceptors (Lipinski definition) is 7. The normalized spacial score (nSPS) is 18.9. The molecule has 1 amide bonds. The van der Waals surface area contributed by atoms with Crippen molar-refractivity contribution >= 4 is 56.8 Å². The molecule has 4 aromatic carbocycles. The Hall–Kier alpha value is -4.67. The molecule has 8 nitrogen and oxygen atoms in total. The fraction of sp³-hybridized carbons (Fsp3) is 0.375. The number of benzene rings is 4. The predicted molar refractivity (Wildman–Crippen MR) is 234 cm³/mol. The number of carbonyl (C=O) groups excluding carboxylic acids is 1. The minimum Gasteiger partial charge on any atom is -0.443 e. The van der Waals surface area contributed by atoms with E-state index < -0.39 is 5.60 Å². The molecule has 3 aliphatic rings. The molecule has 298 valence electrons. The molecule has 0 aromatic heterocycles. The zero-order valence-corrected chi connectivity index (χ0v) is 35.6. The van der Waals surface area contributed by atoms with Gasteiger partial charge in [-0.2, -0.15) is 4.58 Å². The van der Waals surface area contributed by atoms with Gasteiger partial charge in [0, 0.05) is 72.3 Å². The van der Waals surface area contributed by atoms with Crippen molar-refractivity contribution in [2.75, 3.05) is 30.8 Å². The van der Waals surface area contributed by atoms with E-state index in [0.717, 1.165) is 66.1 Å². The van der Waals surface area contributed by atoms with Crippen LogP contribution >= 0.6 is 12.0 Å². The van der Waals surface area contributed by atoms with E-state index in [2.05, 4.69) is 146 Å². The Bertz CT molecular complexity index is 2380. The van der Waals surface area contributed by atoms with Crippen LogP contribution in [0.1, 0.15) is 85.8 Å². The van der Waals surface area contributed by atoms with Crippen molar-refractivity contribution in [3.05, 3.63) is 131 Å². The maximum absolute atomic E-state index is 13.8. The van der Waals surface area contributed by atoms with Crippen LogP contribution in [0.4, 0.5) is 16.2 Å².